The standard InChI is InChI=1S/C14H10N2O3S2/c17-14(12-4-2-8-20-12)16-21(18,19)13-5-1-3-10-9-15-7-6-11(10)13/h1-9H,(H,16,17). The number of thiophene rings is 1. The molecular weight excluding hydrogens is 308 g/mol. The van der Waals surface area contributed by atoms with Crippen LogP contribution in [0, 0.1) is 0 Å². The van der Waals surface area contributed by atoms with E-state index in [2.05, 4.69) is 9.71 Å². The van der Waals surface area contributed by atoms with E-state index in [1.807, 2.05) is 0 Å². The number of amides is 1. The molecule has 0 fully saturated rings. The lowest BCUT2D eigenvalue weighted by Crippen LogP contribution is -2.30. The minimum atomic E-state index is -3.93. The van der Waals surface area contributed by atoms with E-state index in [9.17, 15) is 13.2 Å². The van der Waals surface area contributed by atoms with Crippen LogP contribution >= 0.6 is 11.3 Å². The van der Waals surface area contributed by atoms with Gasteiger partial charge in [-0.1, -0.05) is 18.2 Å². The largest absolute Gasteiger partial charge is 0.275 e. The molecule has 0 aliphatic rings. The van der Waals surface area contributed by atoms with Crippen molar-refractivity contribution in [3.8, 4) is 0 Å². The van der Waals surface area contributed by atoms with Gasteiger partial charge in [-0.05, 0) is 23.6 Å². The van der Waals surface area contributed by atoms with Gasteiger partial charge in [-0.3, -0.25) is 9.78 Å². The summed E-state index contributed by atoms with van der Waals surface area (Å²) in [5, 5.41) is 2.94. The Bertz CT molecular complexity index is 898. The molecule has 7 heteroatoms. The maximum absolute atomic E-state index is 12.4. The molecule has 0 aliphatic carbocycles. The summed E-state index contributed by atoms with van der Waals surface area (Å²) >= 11 is 1.18. The van der Waals surface area contributed by atoms with Crippen LogP contribution in [0.5, 0.6) is 0 Å². The molecule has 5 nitrogen and oxygen atoms in total. The Morgan fingerprint density at radius 2 is 2.00 bits per heavy atom. The predicted octanol–water partition coefficient (Wildman–Crippen LogP) is 2.42. The van der Waals surface area contributed by atoms with Gasteiger partial charge >= 0.3 is 0 Å². The molecule has 0 bridgehead atoms. The van der Waals surface area contributed by atoms with Gasteiger partial charge in [0, 0.05) is 23.2 Å². The third-order valence-corrected chi connectivity index (χ3v) is 5.16. The molecule has 2 aromatic heterocycles. The smallest absolute Gasteiger partial charge is 0.267 e. The van der Waals surface area contributed by atoms with Crippen LogP contribution < -0.4 is 4.72 Å². The van der Waals surface area contributed by atoms with E-state index in [4.69, 9.17) is 0 Å². The van der Waals surface area contributed by atoms with Crippen molar-refractivity contribution >= 4 is 38.0 Å². The van der Waals surface area contributed by atoms with Crippen molar-refractivity contribution in [2.45, 2.75) is 4.90 Å². The first kappa shape index (κ1) is 13.7. The molecule has 1 N–H and O–H groups in total. The predicted molar refractivity (Wildman–Crippen MR) is 80.7 cm³/mol. The van der Waals surface area contributed by atoms with Gasteiger partial charge in [0.15, 0.2) is 0 Å². The van der Waals surface area contributed by atoms with Gasteiger partial charge in [-0.2, -0.15) is 0 Å². The molecule has 2 heterocycles. The van der Waals surface area contributed by atoms with Crippen LogP contribution in [0.15, 0.2) is 59.1 Å². The molecule has 3 aromatic rings. The molecule has 0 saturated heterocycles. The molecule has 0 saturated carbocycles. The first-order valence-corrected chi connectivity index (χ1v) is 8.37. The highest BCUT2D eigenvalue weighted by atomic mass is 32.2. The molecule has 3 rings (SSSR count). The Morgan fingerprint density at radius 3 is 2.76 bits per heavy atom. The van der Waals surface area contributed by atoms with Gasteiger partial charge in [-0.15, -0.1) is 11.3 Å². The number of pyridine rings is 1. The maximum Gasteiger partial charge on any atom is 0.275 e. The summed E-state index contributed by atoms with van der Waals surface area (Å²) in [6.45, 7) is 0. The minimum Gasteiger partial charge on any atom is -0.267 e. The minimum absolute atomic E-state index is 0.0623. The lowest BCUT2D eigenvalue weighted by molar-refractivity contribution is 0.0985. The van der Waals surface area contributed by atoms with Gasteiger partial charge in [0.05, 0.1) is 9.77 Å². The second kappa shape index (κ2) is 5.27. The third kappa shape index (κ3) is 2.65. The number of fused-ring (bicyclic) bond motifs is 1. The summed E-state index contributed by atoms with van der Waals surface area (Å²) < 4.78 is 26.9. The molecule has 0 spiro atoms. The summed E-state index contributed by atoms with van der Waals surface area (Å²) in [5.74, 6) is -0.629. The van der Waals surface area contributed by atoms with E-state index in [1.54, 1.807) is 41.9 Å². The van der Waals surface area contributed by atoms with Crippen LogP contribution in [0.1, 0.15) is 9.67 Å². The topological polar surface area (TPSA) is 76.1 Å². The second-order valence-electron chi connectivity index (χ2n) is 4.26. The number of carbonyl (C=O) groups is 1. The van der Waals surface area contributed by atoms with E-state index >= 15 is 0 Å². The Labute approximate surface area is 125 Å². The fraction of sp³-hybridized carbons (Fsp3) is 0. The van der Waals surface area contributed by atoms with E-state index < -0.39 is 15.9 Å². The highest BCUT2D eigenvalue weighted by molar-refractivity contribution is 7.90. The number of hydrogen-bond acceptors (Lipinski definition) is 5. The van der Waals surface area contributed by atoms with Crippen LogP contribution in [0.25, 0.3) is 10.8 Å². The third-order valence-electron chi connectivity index (χ3n) is 2.90. The molecule has 1 amide bonds. The number of nitrogens with zero attached hydrogens (tertiary/aromatic N) is 1. The quantitative estimate of drug-likeness (QED) is 0.804. The van der Waals surface area contributed by atoms with Crippen molar-refractivity contribution in [1.82, 2.24) is 9.71 Å². The molecule has 1 aromatic carbocycles. The second-order valence-corrected chi connectivity index (χ2v) is 6.86. The number of nitrogens with one attached hydrogen (secondary N) is 1. The Hall–Kier alpha value is -2.25. The van der Waals surface area contributed by atoms with Gasteiger partial charge in [0.25, 0.3) is 15.9 Å². The van der Waals surface area contributed by atoms with Gasteiger partial charge in [-0.25, -0.2) is 13.1 Å². The summed E-state index contributed by atoms with van der Waals surface area (Å²) in [5.41, 5.74) is 0. The Kier molecular flexibility index (Phi) is 3.44. The summed E-state index contributed by atoms with van der Waals surface area (Å²) in [4.78, 5) is 16.3. The van der Waals surface area contributed by atoms with E-state index in [1.165, 1.54) is 23.6 Å². The Balaban J connectivity index is 2.03. The van der Waals surface area contributed by atoms with Crippen LogP contribution in [0.2, 0.25) is 0 Å². The number of rotatable bonds is 3. The molecule has 0 unspecified atom stereocenters. The SMILES string of the molecule is O=C(NS(=O)(=O)c1cccc2cnccc12)c1cccs1. The molecule has 0 atom stereocenters. The van der Waals surface area contributed by atoms with Crippen LogP contribution in [-0.4, -0.2) is 19.3 Å². The van der Waals surface area contributed by atoms with Crippen molar-refractivity contribution in [1.29, 1.82) is 0 Å². The van der Waals surface area contributed by atoms with Crippen molar-refractivity contribution in [2.24, 2.45) is 0 Å². The first-order chi connectivity index (χ1) is 10.1. The van der Waals surface area contributed by atoms with Crippen molar-refractivity contribution in [3.05, 3.63) is 59.0 Å². The molecular formula is C14H10N2O3S2. The van der Waals surface area contributed by atoms with Crippen molar-refractivity contribution < 1.29 is 13.2 Å². The zero-order chi connectivity index (χ0) is 14.9. The number of aromatic nitrogens is 1. The van der Waals surface area contributed by atoms with Crippen molar-refractivity contribution in [2.75, 3.05) is 0 Å². The van der Waals surface area contributed by atoms with E-state index in [0.717, 1.165) is 0 Å². The van der Waals surface area contributed by atoms with E-state index in [0.29, 0.717) is 15.6 Å². The Morgan fingerprint density at radius 1 is 1.14 bits per heavy atom. The molecule has 106 valence electrons. The maximum atomic E-state index is 12.4. The highest BCUT2D eigenvalue weighted by Gasteiger charge is 2.21. The molecule has 0 aliphatic heterocycles. The number of carbonyl (C=O) groups excluding carboxylic acids is 1. The van der Waals surface area contributed by atoms with E-state index in [-0.39, 0.29) is 4.90 Å². The highest BCUT2D eigenvalue weighted by Crippen LogP contribution is 2.22. The monoisotopic (exact) mass is 318 g/mol. The molecule has 0 radical (unpaired) electrons. The fourth-order valence-corrected chi connectivity index (χ4v) is 3.84. The number of hydrogen-bond donors (Lipinski definition) is 1. The van der Waals surface area contributed by atoms with Gasteiger partial charge in [0.2, 0.25) is 0 Å². The van der Waals surface area contributed by atoms with Crippen LogP contribution in [0.3, 0.4) is 0 Å². The molecule has 21 heavy (non-hydrogen) atoms. The zero-order valence-corrected chi connectivity index (χ0v) is 12.3. The van der Waals surface area contributed by atoms with Crippen LogP contribution in [0.4, 0.5) is 0 Å². The van der Waals surface area contributed by atoms with Gasteiger partial charge in [0.1, 0.15) is 0 Å². The zero-order valence-electron chi connectivity index (χ0n) is 10.7. The van der Waals surface area contributed by atoms with Crippen molar-refractivity contribution in [3.63, 3.8) is 0 Å². The summed E-state index contributed by atoms with van der Waals surface area (Å²) in [7, 11) is -3.93. The summed E-state index contributed by atoms with van der Waals surface area (Å²) in [6.07, 6.45) is 3.10. The first-order valence-electron chi connectivity index (χ1n) is 6.01. The summed E-state index contributed by atoms with van der Waals surface area (Å²) in [6, 6.07) is 9.72. The average Bonchev–Trinajstić information content (AvgIpc) is 3.00. The lowest BCUT2D eigenvalue weighted by atomic mass is 10.2. The fourth-order valence-electron chi connectivity index (χ4n) is 1.96. The van der Waals surface area contributed by atoms with Gasteiger partial charge < -0.3 is 0 Å². The number of sulfonamides is 1. The average molecular weight is 318 g/mol. The lowest BCUT2D eigenvalue weighted by Gasteiger charge is -2.08. The number of benzene rings is 1. The normalized spacial score (nSPS) is 11.4. The van der Waals surface area contributed by atoms with Crippen LogP contribution in [-0.2, 0) is 10.0 Å².